The SMILES string of the molecule is CN(C)P(=NP(N(C)C)(N(C)C)=[N+](C)C)(N=P(N(C)C)(N(C)C)N(C)C)N(C)C.[OH-]. The highest BCUT2D eigenvalue weighted by molar-refractivity contribution is 7.75. The average molecular weight is 491 g/mol. The fourth-order valence-corrected chi connectivity index (χ4v) is 18.1. The van der Waals surface area contributed by atoms with Gasteiger partial charge in [0.25, 0.3) is 0 Å². The first-order valence-electron chi connectivity index (χ1n) is 9.56. The van der Waals surface area contributed by atoms with E-state index in [4.69, 9.17) is 9.03 Å². The predicted molar refractivity (Wildman–Crippen MR) is 135 cm³/mol. The van der Waals surface area contributed by atoms with Crippen molar-refractivity contribution in [2.75, 3.05) is 113 Å². The van der Waals surface area contributed by atoms with E-state index in [0.717, 1.165) is 0 Å². The average Bonchev–Trinajstić information content (AvgIpc) is 2.52. The molecule has 30 heavy (non-hydrogen) atoms. The van der Waals surface area contributed by atoms with Gasteiger partial charge in [0.2, 0.25) is 7.51 Å². The topological polar surface area (TPSA) is 80.4 Å². The molecule has 0 saturated heterocycles. The second-order valence-corrected chi connectivity index (χ2v) is 19.6. The summed E-state index contributed by atoms with van der Waals surface area (Å²) in [7, 11) is 27.0. The molecule has 0 aromatic carbocycles. The van der Waals surface area contributed by atoms with Gasteiger partial charge in [-0.15, -0.1) is 4.52 Å². The minimum Gasteiger partial charge on any atom is -0.870 e. The van der Waals surface area contributed by atoms with Crippen LogP contribution in [-0.2, 0) is 0 Å². The lowest BCUT2D eigenvalue weighted by atomic mass is 11.2. The first-order valence-corrected chi connectivity index (χ1v) is 14.4. The first-order chi connectivity index (χ1) is 13.0. The Morgan fingerprint density at radius 1 is 0.467 bits per heavy atom. The molecule has 0 saturated carbocycles. The third-order valence-corrected chi connectivity index (χ3v) is 17.2. The highest BCUT2D eigenvalue weighted by Gasteiger charge is 2.42. The molecule has 0 rings (SSSR count). The Bertz CT molecular complexity index is 658. The summed E-state index contributed by atoms with van der Waals surface area (Å²) in [4.78, 5) is 0. The van der Waals surface area contributed by atoms with Crippen LogP contribution in [-0.4, -0.2) is 155 Å². The lowest BCUT2D eigenvalue weighted by Crippen LogP contribution is -2.32. The molecule has 11 nitrogen and oxygen atoms in total. The molecular weight excluding hydrogens is 441 g/mol. The summed E-state index contributed by atoms with van der Waals surface area (Å²) in [5.41, 5.74) is 0. The van der Waals surface area contributed by atoms with Crippen molar-refractivity contribution < 1.29 is 9.80 Å². The van der Waals surface area contributed by atoms with Crippen molar-refractivity contribution in [3.8, 4) is 0 Å². The van der Waals surface area contributed by atoms with Gasteiger partial charge in [-0.3, -0.25) is 14.0 Å². The van der Waals surface area contributed by atoms with E-state index >= 15 is 0 Å². The second kappa shape index (κ2) is 12.0. The highest BCUT2D eigenvalue weighted by Crippen LogP contribution is 2.73. The van der Waals surface area contributed by atoms with Gasteiger partial charge in [-0.25, -0.2) is 23.0 Å². The summed E-state index contributed by atoms with van der Waals surface area (Å²) in [6, 6.07) is 0. The Morgan fingerprint density at radius 2 is 0.767 bits per heavy atom. The number of hydrogen-bond donors (Lipinski definition) is 0. The van der Waals surface area contributed by atoms with Crippen molar-refractivity contribution in [1.29, 1.82) is 0 Å². The van der Waals surface area contributed by atoms with Crippen molar-refractivity contribution in [1.82, 2.24) is 32.7 Å². The Labute approximate surface area is 187 Å². The maximum Gasteiger partial charge on any atom is 0.357 e. The number of hydrogen-bond acceptors (Lipinski definition) is 1. The predicted octanol–water partition coefficient (Wildman–Crippen LogP) is 2.85. The van der Waals surface area contributed by atoms with Crippen LogP contribution >= 0.6 is 22.5 Å². The molecule has 1 N–H and O–H groups in total. The third kappa shape index (κ3) is 5.83. The van der Waals surface area contributed by atoms with Crippen LogP contribution in [0.1, 0.15) is 0 Å². The number of nitrogens with zero attached hydrogens (tertiary/aromatic N) is 10. The van der Waals surface area contributed by atoms with Crippen molar-refractivity contribution >= 4 is 22.5 Å². The molecule has 0 bridgehead atoms. The second-order valence-electron chi connectivity index (χ2n) is 8.57. The maximum absolute atomic E-state index is 5.70. The zero-order chi connectivity index (χ0) is 23.5. The van der Waals surface area contributed by atoms with Gasteiger partial charge in [-0.05, 0) is 98.7 Å². The summed E-state index contributed by atoms with van der Waals surface area (Å²) in [6.07, 6.45) is 0. The maximum atomic E-state index is 5.70. The molecule has 0 spiro atoms. The smallest absolute Gasteiger partial charge is 0.357 e. The van der Waals surface area contributed by atoms with E-state index in [1.165, 1.54) is 0 Å². The van der Waals surface area contributed by atoms with Crippen LogP contribution < -0.4 is 0 Å². The molecule has 14 heteroatoms. The fourth-order valence-electron chi connectivity index (χ4n) is 3.64. The molecule has 184 valence electrons. The summed E-state index contributed by atoms with van der Waals surface area (Å²) in [5, 5.41) is 0. The fraction of sp³-hybridized carbons (Fsp3) is 1.00. The van der Waals surface area contributed by atoms with E-state index in [1.807, 2.05) is 0 Å². The van der Waals surface area contributed by atoms with Gasteiger partial charge in [0.05, 0.1) is 0 Å². The Kier molecular flexibility index (Phi) is 13.0. The standard InChI is InChI=1S/C16H48N10P3.H2O/c1-19(2)27(20(3)4,17-28(21(5)6,22(7)8)23(9)10)18-29(24(11)12,25(13)14)26(15)16;/h1-16H3;1H2/q+1;/p-1. The Balaban J connectivity index is 0. The summed E-state index contributed by atoms with van der Waals surface area (Å²) in [6.45, 7) is 0. The van der Waals surface area contributed by atoms with Gasteiger partial charge < -0.3 is 5.48 Å². The first kappa shape index (κ1) is 32.5. The Morgan fingerprint density at radius 3 is 0.933 bits per heavy atom. The summed E-state index contributed by atoms with van der Waals surface area (Å²) >= 11 is 0. The normalized spacial score (nSPS) is 13.8. The minimum absolute atomic E-state index is 0. The van der Waals surface area contributed by atoms with Crippen molar-refractivity contribution in [2.45, 2.75) is 0 Å². The van der Waals surface area contributed by atoms with E-state index in [-0.39, 0.29) is 5.48 Å². The van der Waals surface area contributed by atoms with Crippen molar-refractivity contribution in [3.05, 3.63) is 0 Å². The molecule has 0 atom stereocenters. The summed E-state index contributed by atoms with van der Waals surface area (Å²) in [5.74, 6) is 0. The van der Waals surface area contributed by atoms with Crippen LogP contribution in [0.2, 0.25) is 0 Å². The van der Waals surface area contributed by atoms with Crippen molar-refractivity contribution in [2.24, 2.45) is 9.03 Å². The van der Waals surface area contributed by atoms with Crippen LogP contribution in [0, 0.1) is 0 Å². The van der Waals surface area contributed by atoms with E-state index in [2.05, 4.69) is 150 Å². The minimum atomic E-state index is -2.44. The van der Waals surface area contributed by atoms with E-state index in [9.17, 15) is 0 Å². The lowest BCUT2D eigenvalue weighted by molar-refractivity contribution is -0.450. The third-order valence-electron chi connectivity index (χ3n) is 4.77. The molecule has 0 heterocycles. The van der Waals surface area contributed by atoms with Crippen LogP contribution in [0.15, 0.2) is 9.03 Å². The molecule has 0 amide bonds. The van der Waals surface area contributed by atoms with Gasteiger partial charge in [0.1, 0.15) is 14.1 Å². The van der Waals surface area contributed by atoms with Gasteiger partial charge in [-0.1, -0.05) is 0 Å². The molecule has 0 unspecified atom stereocenters. The highest BCUT2D eigenvalue weighted by atomic mass is 31.2. The molecule has 0 aliphatic carbocycles. The molecule has 0 fully saturated rings. The summed E-state index contributed by atoms with van der Waals surface area (Å²) < 4.78 is 29.4. The largest absolute Gasteiger partial charge is 0.870 e. The zero-order valence-electron chi connectivity index (χ0n) is 22.3. The Hall–Kier alpha value is 0.370. The quantitative estimate of drug-likeness (QED) is 0.457. The monoisotopic (exact) mass is 490 g/mol. The van der Waals surface area contributed by atoms with Crippen molar-refractivity contribution in [3.63, 3.8) is 0 Å². The molecule has 0 aromatic heterocycles. The molecule has 0 aliphatic rings. The van der Waals surface area contributed by atoms with Gasteiger partial charge in [0.15, 0.2) is 7.51 Å². The van der Waals surface area contributed by atoms with Crippen LogP contribution in [0.5, 0.6) is 0 Å². The molecular formula is C16H49N10OP3. The van der Waals surface area contributed by atoms with Crippen LogP contribution in [0.3, 0.4) is 0 Å². The van der Waals surface area contributed by atoms with Crippen LogP contribution in [0.25, 0.3) is 0 Å². The van der Waals surface area contributed by atoms with Crippen LogP contribution in [0.4, 0.5) is 0 Å². The molecule has 0 aromatic rings. The van der Waals surface area contributed by atoms with Gasteiger partial charge in [-0.2, -0.15) is 4.52 Å². The van der Waals surface area contributed by atoms with E-state index < -0.39 is 22.5 Å². The van der Waals surface area contributed by atoms with E-state index in [1.54, 1.807) is 0 Å². The van der Waals surface area contributed by atoms with Gasteiger partial charge >= 0.3 is 7.51 Å². The van der Waals surface area contributed by atoms with Gasteiger partial charge in [0, 0.05) is 0 Å². The zero-order valence-corrected chi connectivity index (χ0v) is 24.9. The molecule has 0 aliphatic heterocycles. The lowest BCUT2D eigenvalue weighted by Gasteiger charge is -2.45. The molecule has 0 radical (unpaired) electrons. The van der Waals surface area contributed by atoms with E-state index in [0.29, 0.717) is 0 Å². The number of rotatable bonds is 9.